The number of aryl methyl sites for hydroxylation is 3. The third-order valence-electron chi connectivity index (χ3n) is 3.09. The van der Waals surface area contributed by atoms with Gasteiger partial charge in [0, 0.05) is 4.90 Å². The third kappa shape index (κ3) is 4.51. The highest BCUT2D eigenvalue weighted by Gasteiger charge is 2.08. The zero-order valence-corrected chi connectivity index (χ0v) is 13.9. The first-order valence-electron chi connectivity index (χ1n) is 6.72. The topological polar surface area (TPSA) is 29.1 Å². The number of amides is 1. The second-order valence-corrected chi connectivity index (χ2v) is 6.51. The smallest absolute Gasteiger partial charge is 0.234 e. The number of anilines is 1. The van der Waals surface area contributed by atoms with Crippen LogP contribution in [0.15, 0.2) is 41.3 Å². The van der Waals surface area contributed by atoms with Gasteiger partial charge >= 0.3 is 0 Å². The van der Waals surface area contributed by atoms with Crippen LogP contribution in [-0.2, 0) is 4.79 Å². The molecule has 4 heteroatoms. The van der Waals surface area contributed by atoms with Gasteiger partial charge < -0.3 is 5.32 Å². The van der Waals surface area contributed by atoms with Crippen molar-refractivity contribution < 1.29 is 4.79 Å². The number of carbonyl (C=O) groups is 1. The van der Waals surface area contributed by atoms with Gasteiger partial charge in [0.25, 0.3) is 0 Å². The Balaban J connectivity index is 1.96. The van der Waals surface area contributed by atoms with Crippen molar-refractivity contribution >= 4 is 35.0 Å². The Bertz CT molecular complexity index is 670. The average molecular weight is 320 g/mol. The highest BCUT2D eigenvalue weighted by molar-refractivity contribution is 8.00. The maximum atomic E-state index is 12.0. The van der Waals surface area contributed by atoms with Crippen molar-refractivity contribution in [2.75, 3.05) is 11.1 Å². The molecule has 1 amide bonds. The van der Waals surface area contributed by atoms with Crippen LogP contribution in [-0.4, -0.2) is 11.7 Å². The number of benzene rings is 2. The zero-order chi connectivity index (χ0) is 15.4. The molecule has 0 unspecified atom stereocenters. The molecule has 0 spiro atoms. The predicted molar refractivity (Wildman–Crippen MR) is 91.5 cm³/mol. The van der Waals surface area contributed by atoms with Crippen LogP contribution in [0.1, 0.15) is 16.7 Å². The molecule has 0 aliphatic carbocycles. The standard InChI is InChI=1S/C17H18ClNOS/c1-11-5-7-16(13(3)8-11)21-10-17(20)19-15-6-4-12(2)9-14(15)18/h4-9H,10H2,1-3H3,(H,19,20). The van der Waals surface area contributed by atoms with E-state index in [9.17, 15) is 4.79 Å². The largest absolute Gasteiger partial charge is 0.324 e. The van der Waals surface area contributed by atoms with Gasteiger partial charge in [0.15, 0.2) is 0 Å². The van der Waals surface area contributed by atoms with E-state index in [0.717, 1.165) is 10.5 Å². The monoisotopic (exact) mass is 319 g/mol. The molecule has 0 saturated heterocycles. The molecule has 2 aromatic carbocycles. The zero-order valence-electron chi connectivity index (χ0n) is 12.4. The molecule has 2 nitrogen and oxygen atoms in total. The molecule has 2 rings (SSSR count). The first kappa shape index (κ1) is 15.9. The average Bonchev–Trinajstić information content (AvgIpc) is 2.41. The van der Waals surface area contributed by atoms with Crippen LogP contribution < -0.4 is 5.32 Å². The molecule has 0 radical (unpaired) electrons. The van der Waals surface area contributed by atoms with E-state index in [2.05, 4.69) is 37.4 Å². The summed E-state index contributed by atoms with van der Waals surface area (Å²) in [5, 5.41) is 3.42. The molecule has 110 valence electrons. The van der Waals surface area contributed by atoms with Crippen LogP contribution in [0.2, 0.25) is 5.02 Å². The maximum Gasteiger partial charge on any atom is 0.234 e. The number of carbonyl (C=O) groups excluding carboxylic acids is 1. The molecule has 0 heterocycles. The van der Waals surface area contributed by atoms with E-state index in [-0.39, 0.29) is 5.91 Å². The molecule has 0 fully saturated rings. The number of hydrogen-bond acceptors (Lipinski definition) is 2. The molecule has 0 saturated carbocycles. The number of nitrogens with one attached hydrogen (secondary N) is 1. The lowest BCUT2D eigenvalue weighted by molar-refractivity contribution is -0.113. The minimum Gasteiger partial charge on any atom is -0.324 e. The Morgan fingerprint density at radius 2 is 1.76 bits per heavy atom. The SMILES string of the molecule is Cc1ccc(SCC(=O)Nc2ccc(C)cc2Cl)c(C)c1. The van der Waals surface area contributed by atoms with Gasteiger partial charge in [-0.15, -0.1) is 11.8 Å². The second-order valence-electron chi connectivity index (χ2n) is 5.09. The van der Waals surface area contributed by atoms with Crippen molar-refractivity contribution in [3.05, 3.63) is 58.1 Å². The number of rotatable bonds is 4. The lowest BCUT2D eigenvalue weighted by Crippen LogP contribution is -2.14. The van der Waals surface area contributed by atoms with Crippen LogP contribution in [0.25, 0.3) is 0 Å². The fourth-order valence-corrected chi connectivity index (χ4v) is 3.10. The molecule has 0 aromatic heterocycles. The minimum absolute atomic E-state index is 0.0503. The van der Waals surface area contributed by atoms with Crippen LogP contribution in [0, 0.1) is 20.8 Å². The summed E-state index contributed by atoms with van der Waals surface area (Å²) in [5.41, 5.74) is 4.16. The van der Waals surface area contributed by atoms with Crippen molar-refractivity contribution in [2.24, 2.45) is 0 Å². The summed E-state index contributed by atoms with van der Waals surface area (Å²) in [6.45, 7) is 6.09. The van der Waals surface area contributed by atoms with Crippen LogP contribution in [0.4, 0.5) is 5.69 Å². The van der Waals surface area contributed by atoms with Crippen LogP contribution >= 0.6 is 23.4 Å². The summed E-state index contributed by atoms with van der Waals surface area (Å²) >= 11 is 7.65. The summed E-state index contributed by atoms with van der Waals surface area (Å²) < 4.78 is 0. The van der Waals surface area contributed by atoms with Crippen molar-refractivity contribution in [3.8, 4) is 0 Å². The predicted octanol–water partition coefficient (Wildman–Crippen LogP) is 5.00. The van der Waals surface area contributed by atoms with Crippen molar-refractivity contribution in [2.45, 2.75) is 25.7 Å². The van der Waals surface area contributed by atoms with Gasteiger partial charge in [-0.2, -0.15) is 0 Å². The molecule has 0 atom stereocenters. The number of thioether (sulfide) groups is 1. The van der Waals surface area contributed by atoms with Crippen molar-refractivity contribution in [1.29, 1.82) is 0 Å². The Kier molecular flexibility index (Phi) is 5.32. The van der Waals surface area contributed by atoms with E-state index in [1.165, 1.54) is 22.9 Å². The van der Waals surface area contributed by atoms with Crippen molar-refractivity contribution in [1.82, 2.24) is 0 Å². The van der Waals surface area contributed by atoms with Crippen LogP contribution in [0.5, 0.6) is 0 Å². The minimum atomic E-state index is -0.0503. The summed E-state index contributed by atoms with van der Waals surface area (Å²) in [4.78, 5) is 13.1. The molecular formula is C17H18ClNOS. The van der Waals surface area contributed by atoms with Gasteiger partial charge in [0.1, 0.15) is 0 Å². The van der Waals surface area contributed by atoms with Gasteiger partial charge in [-0.1, -0.05) is 35.4 Å². The van der Waals surface area contributed by atoms with Crippen molar-refractivity contribution in [3.63, 3.8) is 0 Å². The molecule has 0 aliphatic heterocycles. The lowest BCUT2D eigenvalue weighted by Gasteiger charge is -2.09. The van der Waals surface area contributed by atoms with E-state index in [4.69, 9.17) is 11.6 Å². The molecule has 21 heavy (non-hydrogen) atoms. The molecule has 1 N–H and O–H groups in total. The van der Waals surface area contributed by atoms with Crippen LogP contribution in [0.3, 0.4) is 0 Å². The summed E-state index contributed by atoms with van der Waals surface area (Å²) in [7, 11) is 0. The third-order valence-corrected chi connectivity index (χ3v) is 4.58. The van der Waals surface area contributed by atoms with E-state index in [0.29, 0.717) is 16.5 Å². The van der Waals surface area contributed by atoms with E-state index >= 15 is 0 Å². The van der Waals surface area contributed by atoms with Gasteiger partial charge in [-0.3, -0.25) is 4.79 Å². The second kappa shape index (κ2) is 7.01. The summed E-state index contributed by atoms with van der Waals surface area (Å²) in [6, 6.07) is 11.8. The normalized spacial score (nSPS) is 10.5. The fourth-order valence-electron chi connectivity index (χ4n) is 2.01. The first-order chi connectivity index (χ1) is 9.95. The Morgan fingerprint density at radius 3 is 2.43 bits per heavy atom. The summed E-state index contributed by atoms with van der Waals surface area (Å²) in [6.07, 6.45) is 0. The Hall–Kier alpha value is -1.45. The van der Waals surface area contributed by atoms with Gasteiger partial charge in [0.05, 0.1) is 16.5 Å². The Labute approximate surface area is 134 Å². The highest BCUT2D eigenvalue weighted by Crippen LogP contribution is 2.25. The van der Waals surface area contributed by atoms with Gasteiger partial charge in [-0.25, -0.2) is 0 Å². The van der Waals surface area contributed by atoms with E-state index < -0.39 is 0 Å². The highest BCUT2D eigenvalue weighted by atomic mass is 35.5. The van der Waals surface area contributed by atoms with Gasteiger partial charge in [0.2, 0.25) is 5.91 Å². The quantitative estimate of drug-likeness (QED) is 0.804. The summed E-state index contributed by atoms with van der Waals surface area (Å²) in [5.74, 6) is 0.319. The van der Waals surface area contributed by atoms with E-state index in [1.54, 1.807) is 0 Å². The number of hydrogen-bond donors (Lipinski definition) is 1. The fraction of sp³-hybridized carbons (Fsp3) is 0.235. The molecular weight excluding hydrogens is 302 g/mol. The first-order valence-corrected chi connectivity index (χ1v) is 8.08. The molecule has 2 aromatic rings. The lowest BCUT2D eigenvalue weighted by atomic mass is 10.2. The molecule has 0 bridgehead atoms. The Morgan fingerprint density at radius 1 is 1.10 bits per heavy atom. The van der Waals surface area contributed by atoms with Gasteiger partial charge in [-0.05, 0) is 50.1 Å². The van der Waals surface area contributed by atoms with E-state index in [1.807, 2.05) is 25.1 Å². The number of halogens is 1. The maximum absolute atomic E-state index is 12.0. The molecule has 0 aliphatic rings.